The molecule has 1 aliphatic heterocycles. The Hall–Kier alpha value is -1.46. The van der Waals surface area contributed by atoms with Crippen molar-refractivity contribution in [1.82, 2.24) is 4.98 Å². The predicted octanol–water partition coefficient (Wildman–Crippen LogP) is 1.57. The van der Waals surface area contributed by atoms with Gasteiger partial charge < -0.3 is 5.11 Å². The van der Waals surface area contributed by atoms with Gasteiger partial charge in [0.15, 0.2) is 9.84 Å². The van der Waals surface area contributed by atoms with Crippen LogP contribution >= 0.6 is 0 Å². The summed E-state index contributed by atoms with van der Waals surface area (Å²) in [6, 6.07) is 11.7. The maximum absolute atomic E-state index is 11.4. The molecular weight excluding hydrogens is 274 g/mol. The molecule has 1 aromatic heterocycles. The number of aromatic nitrogens is 1. The molecule has 2 atom stereocenters. The van der Waals surface area contributed by atoms with Gasteiger partial charge >= 0.3 is 0 Å². The average molecular weight is 291 g/mol. The van der Waals surface area contributed by atoms with Crippen LogP contribution in [0.3, 0.4) is 0 Å². The summed E-state index contributed by atoms with van der Waals surface area (Å²) in [5.74, 6) is 0.134. The second-order valence-corrected chi connectivity index (χ2v) is 7.66. The molecule has 1 aromatic carbocycles. The fraction of sp³-hybridized carbons (Fsp3) is 0.400. The second kappa shape index (κ2) is 5.14. The molecule has 4 nitrogen and oxygen atoms in total. The van der Waals surface area contributed by atoms with E-state index in [-0.39, 0.29) is 17.4 Å². The van der Waals surface area contributed by atoms with Crippen LogP contribution in [-0.4, -0.2) is 36.1 Å². The minimum atomic E-state index is -2.95. The lowest BCUT2D eigenvalue weighted by Crippen LogP contribution is -2.24. The molecule has 0 amide bonds. The number of sulfone groups is 1. The molecule has 0 aliphatic carbocycles. The van der Waals surface area contributed by atoms with Crippen molar-refractivity contribution in [3.63, 3.8) is 0 Å². The summed E-state index contributed by atoms with van der Waals surface area (Å²) in [7, 11) is -2.95. The summed E-state index contributed by atoms with van der Waals surface area (Å²) in [5, 5.41) is 11.3. The molecule has 2 aromatic rings. The van der Waals surface area contributed by atoms with Gasteiger partial charge in [0, 0.05) is 23.4 Å². The number of aliphatic hydroxyl groups excluding tert-OH is 1. The second-order valence-electron chi connectivity index (χ2n) is 5.43. The van der Waals surface area contributed by atoms with Gasteiger partial charge in [0.25, 0.3) is 0 Å². The lowest BCUT2D eigenvalue weighted by Gasteiger charge is -2.16. The number of hydrogen-bond acceptors (Lipinski definition) is 4. The standard InChI is InChI=1S/C15H17NO3S/c17-15(12-7-8-20(18,19)10-12)9-13-6-5-11-3-1-2-4-14(11)16-13/h1-6,12,15,17H,7-10H2. The lowest BCUT2D eigenvalue weighted by molar-refractivity contribution is 0.119. The van der Waals surface area contributed by atoms with Gasteiger partial charge in [-0.1, -0.05) is 24.3 Å². The first-order chi connectivity index (χ1) is 9.53. The third kappa shape index (κ3) is 2.83. The number of aliphatic hydroxyl groups is 1. The molecule has 1 saturated heterocycles. The Morgan fingerprint density at radius 1 is 1.25 bits per heavy atom. The van der Waals surface area contributed by atoms with Gasteiger partial charge in [0.05, 0.1) is 23.1 Å². The van der Waals surface area contributed by atoms with E-state index in [1.54, 1.807) is 0 Å². The molecule has 1 fully saturated rings. The van der Waals surface area contributed by atoms with E-state index < -0.39 is 15.9 Å². The van der Waals surface area contributed by atoms with E-state index in [0.717, 1.165) is 16.6 Å². The molecule has 1 N–H and O–H groups in total. The van der Waals surface area contributed by atoms with Crippen LogP contribution in [-0.2, 0) is 16.3 Å². The van der Waals surface area contributed by atoms with Gasteiger partial charge in [-0.2, -0.15) is 0 Å². The molecule has 0 saturated carbocycles. The van der Waals surface area contributed by atoms with E-state index in [1.165, 1.54) is 0 Å². The molecule has 0 spiro atoms. The lowest BCUT2D eigenvalue weighted by atomic mass is 9.97. The van der Waals surface area contributed by atoms with Crippen molar-refractivity contribution in [2.24, 2.45) is 5.92 Å². The van der Waals surface area contributed by atoms with E-state index in [9.17, 15) is 13.5 Å². The fourth-order valence-corrected chi connectivity index (χ4v) is 4.60. The van der Waals surface area contributed by atoms with Crippen molar-refractivity contribution in [2.45, 2.75) is 18.9 Å². The number of pyridine rings is 1. The topological polar surface area (TPSA) is 67.3 Å². The quantitative estimate of drug-likeness (QED) is 0.932. The summed E-state index contributed by atoms with van der Waals surface area (Å²) >= 11 is 0. The Kier molecular flexibility index (Phi) is 3.48. The van der Waals surface area contributed by atoms with E-state index in [0.29, 0.717) is 12.8 Å². The summed E-state index contributed by atoms with van der Waals surface area (Å²) in [6.45, 7) is 0. The van der Waals surface area contributed by atoms with Crippen LogP contribution in [0.15, 0.2) is 36.4 Å². The highest BCUT2D eigenvalue weighted by Crippen LogP contribution is 2.24. The first kappa shape index (κ1) is 13.5. The Labute approximate surface area is 118 Å². The van der Waals surface area contributed by atoms with Crippen LogP contribution in [0, 0.1) is 5.92 Å². The van der Waals surface area contributed by atoms with Gasteiger partial charge in [0.1, 0.15) is 0 Å². The molecule has 2 unspecified atom stereocenters. The number of benzene rings is 1. The van der Waals surface area contributed by atoms with E-state index >= 15 is 0 Å². The van der Waals surface area contributed by atoms with Crippen molar-refractivity contribution in [3.8, 4) is 0 Å². The molecule has 2 heterocycles. The summed E-state index contributed by atoms with van der Waals surface area (Å²) in [6.07, 6.45) is 0.322. The zero-order valence-corrected chi connectivity index (χ0v) is 11.9. The van der Waals surface area contributed by atoms with Crippen molar-refractivity contribution in [3.05, 3.63) is 42.1 Å². The normalized spacial score (nSPS) is 22.9. The zero-order valence-electron chi connectivity index (χ0n) is 11.1. The van der Waals surface area contributed by atoms with Gasteiger partial charge in [-0.05, 0) is 18.6 Å². The van der Waals surface area contributed by atoms with E-state index in [1.807, 2.05) is 36.4 Å². The SMILES string of the molecule is O=S1(=O)CCC(C(O)Cc2ccc3ccccc3n2)C1. The van der Waals surface area contributed by atoms with Gasteiger partial charge in [-0.25, -0.2) is 8.42 Å². The summed E-state index contributed by atoms with van der Waals surface area (Å²) in [5.41, 5.74) is 1.71. The monoisotopic (exact) mass is 291 g/mol. The number of hydrogen-bond donors (Lipinski definition) is 1. The van der Waals surface area contributed by atoms with Gasteiger partial charge in [-0.15, -0.1) is 0 Å². The van der Waals surface area contributed by atoms with Crippen LogP contribution in [0.25, 0.3) is 10.9 Å². The zero-order chi connectivity index (χ0) is 14.2. The Balaban J connectivity index is 1.76. The van der Waals surface area contributed by atoms with Crippen LogP contribution < -0.4 is 0 Å². The molecule has 3 rings (SSSR count). The maximum atomic E-state index is 11.4. The molecule has 0 bridgehead atoms. The van der Waals surface area contributed by atoms with Gasteiger partial charge in [-0.3, -0.25) is 4.98 Å². The highest BCUT2D eigenvalue weighted by Gasteiger charge is 2.32. The van der Waals surface area contributed by atoms with Crippen LogP contribution in [0.2, 0.25) is 0 Å². The highest BCUT2D eigenvalue weighted by atomic mass is 32.2. The molecule has 1 aliphatic rings. The summed E-state index contributed by atoms with van der Waals surface area (Å²) in [4.78, 5) is 4.51. The van der Waals surface area contributed by atoms with E-state index in [2.05, 4.69) is 4.98 Å². The average Bonchev–Trinajstić information content (AvgIpc) is 2.79. The third-order valence-corrected chi connectivity index (χ3v) is 5.68. The minimum Gasteiger partial charge on any atom is -0.392 e. The summed E-state index contributed by atoms with van der Waals surface area (Å²) < 4.78 is 22.9. The molecule has 5 heteroatoms. The Morgan fingerprint density at radius 2 is 2.05 bits per heavy atom. The van der Waals surface area contributed by atoms with Crippen molar-refractivity contribution in [1.29, 1.82) is 0 Å². The Bertz CT molecular complexity index is 727. The molecular formula is C15H17NO3S. The van der Waals surface area contributed by atoms with Gasteiger partial charge in [0.2, 0.25) is 0 Å². The molecule has 106 valence electrons. The van der Waals surface area contributed by atoms with Crippen molar-refractivity contribution in [2.75, 3.05) is 11.5 Å². The van der Waals surface area contributed by atoms with Crippen molar-refractivity contribution >= 4 is 20.7 Å². The first-order valence-electron chi connectivity index (χ1n) is 6.77. The predicted molar refractivity (Wildman–Crippen MR) is 78.2 cm³/mol. The highest BCUT2D eigenvalue weighted by molar-refractivity contribution is 7.91. The van der Waals surface area contributed by atoms with Crippen LogP contribution in [0.5, 0.6) is 0 Å². The molecule has 20 heavy (non-hydrogen) atoms. The largest absolute Gasteiger partial charge is 0.392 e. The third-order valence-electron chi connectivity index (χ3n) is 3.89. The van der Waals surface area contributed by atoms with Crippen molar-refractivity contribution < 1.29 is 13.5 Å². The maximum Gasteiger partial charge on any atom is 0.150 e. The van der Waals surface area contributed by atoms with E-state index in [4.69, 9.17) is 0 Å². The van der Waals surface area contributed by atoms with Crippen LogP contribution in [0.1, 0.15) is 12.1 Å². The number of para-hydroxylation sites is 1. The smallest absolute Gasteiger partial charge is 0.150 e. The number of nitrogens with zero attached hydrogens (tertiary/aromatic N) is 1. The minimum absolute atomic E-state index is 0.0990. The number of fused-ring (bicyclic) bond motifs is 1. The van der Waals surface area contributed by atoms with Crippen LogP contribution in [0.4, 0.5) is 0 Å². The molecule has 0 radical (unpaired) electrons. The fourth-order valence-electron chi connectivity index (χ4n) is 2.73. The number of rotatable bonds is 3. The first-order valence-corrected chi connectivity index (χ1v) is 8.59. The Morgan fingerprint density at radius 3 is 2.80 bits per heavy atom.